The number of carbonyl (C=O) groups excluding carboxylic acids is 1. The number of likely N-dealkylation sites (tertiary alicyclic amines) is 1. The molecule has 5 atom stereocenters. The number of quaternary nitrogens is 1. The minimum absolute atomic E-state index is 0. The van der Waals surface area contributed by atoms with E-state index in [1.807, 2.05) is 30.3 Å². The highest BCUT2D eigenvalue weighted by Gasteiger charge is 2.59. The number of hydrogen-bond donors (Lipinski definition) is 1. The van der Waals surface area contributed by atoms with Crippen molar-refractivity contribution in [3.63, 3.8) is 0 Å². The molecule has 0 aromatic heterocycles. The Bertz CT molecular complexity index is 978. The topological polar surface area (TPSA) is 46.5 Å². The van der Waals surface area contributed by atoms with Gasteiger partial charge in [0.1, 0.15) is 6.04 Å². The van der Waals surface area contributed by atoms with E-state index < -0.39 is 11.6 Å². The minimum Gasteiger partial charge on any atom is -1.00 e. The molecule has 1 heterocycles. The van der Waals surface area contributed by atoms with E-state index in [1.165, 1.54) is 18.4 Å². The summed E-state index contributed by atoms with van der Waals surface area (Å²) in [6.07, 6.45) is 10.6. The van der Waals surface area contributed by atoms with Gasteiger partial charge < -0.3 is 31.3 Å². The van der Waals surface area contributed by atoms with E-state index in [4.69, 9.17) is 4.74 Å². The van der Waals surface area contributed by atoms with Gasteiger partial charge in [0.25, 0.3) is 0 Å². The molecule has 5 heteroatoms. The molecule has 1 saturated heterocycles. The van der Waals surface area contributed by atoms with Crippen LogP contribution in [0.15, 0.2) is 60.7 Å². The molecule has 0 radical (unpaired) electrons. The van der Waals surface area contributed by atoms with Crippen molar-refractivity contribution in [1.29, 1.82) is 0 Å². The lowest BCUT2D eigenvalue weighted by atomic mass is 9.77. The Labute approximate surface area is 227 Å². The second kappa shape index (κ2) is 11.8. The summed E-state index contributed by atoms with van der Waals surface area (Å²) in [6, 6.07) is 20.6. The maximum atomic E-state index is 13.9. The monoisotopic (exact) mass is 555 g/mol. The third kappa shape index (κ3) is 5.44. The van der Waals surface area contributed by atoms with Gasteiger partial charge in [-0.15, -0.1) is 0 Å². The summed E-state index contributed by atoms with van der Waals surface area (Å²) < 4.78 is 7.36. The third-order valence-corrected chi connectivity index (χ3v) is 9.32. The molecule has 0 amide bonds. The van der Waals surface area contributed by atoms with E-state index in [1.54, 1.807) is 0 Å². The molecule has 2 aliphatic carbocycles. The first-order chi connectivity index (χ1) is 17.0. The van der Waals surface area contributed by atoms with Gasteiger partial charge in [-0.05, 0) is 36.8 Å². The van der Waals surface area contributed by atoms with Gasteiger partial charge in [0.2, 0.25) is 0 Å². The zero-order chi connectivity index (χ0) is 24.3. The highest BCUT2D eigenvalue weighted by Crippen LogP contribution is 2.46. The summed E-state index contributed by atoms with van der Waals surface area (Å²) >= 11 is 0. The van der Waals surface area contributed by atoms with Gasteiger partial charge in [-0.1, -0.05) is 86.3 Å². The van der Waals surface area contributed by atoms with Crippen molar-refractivity contribution >= 4 is 5.97 Å². The molecular weight excluding hydrogens is 514 g/mol. The minimum atomic E-state index is -1.55. The van der Waals surface area contributed by atoms with Crippen LogP contribution in [0.5, 0.6) is 0 Å². The third-order valence-electron chi connectivity index (χ3n) is 9.32. The second-order valence-corrected chi connectivity index (χ2v) is 11.6. The summed E-state index contributed by atoms with van der Waals surface area (Å²) in [7, 11) is 2.35. The molecule has 2 saturated carbocycles. The van der Waals surface area contributed by atoms with Crippen molar-refractivity contribution in [3.8, 4) is 0 Å². The largest absolute Gasteiger partial charge is 1.00 e. The molecule has 2 aromatic rings. The number of benzene rings is 2. The molecule has 1 N–H and O–H groups in total. The van der Waals surface area contributed by atoms with Gasteiger partial charge in [0.15, 0.2) is 11.7 Å². The number of aryl methyl sites for hydroxylation is 1. The summed E-state index contributed by atoms with van der Waals surface area (Å²) in [5.74, 6) is -0.0826. The van der Waals surface area contributed by atoms with E-state index >= 15 is 0 Å². The van der Waals surface area contributed by atoms with Crippen molar-refractivity contribution in [2.45, 2.75) is 82.0 Å². The maximum Gasteiger partial charge on any atom is 0.343 e. The number of nitrogens with zero attached hydrogens (tertiary/aromatic N) is 1. The Morgan fingerprint density at radius 1 is 0.944 bits per heavy atom. The van der Waals surface area contributed by atoms with E-state index in [9.17, 15) is 9.90 Å². The Balaban J connectivity index is 0.00000304. The van der Waals surface area contributed by atoms with Crippen LogP contribution in [0.25, 0.3) is 0 Å². The lowest BCUT2D eigenvalue weighted by Crippen LogP contribution is -3.00. The van der Waals surface area contributed by atoms with Crippen molar-refractivity contribution in [2.75, 3.05) is 20.1 Å². The zero-order valence-corrected chi connectivity index (χ0v) is 23.2. The first-order valence-corrected chi connectivity index (χ1v) is 13.9. The smallest absolute Gasteiger partial charge is 0.343 e. The van der Waals surface area contributed by atoms with Crippen LogP contribution < -0.4 is 17.0 Å². The number of hydrogen-bond acceptors (Lipinski definition) is 3. The number of halogens is 1. The number of likely N-dealkylation sites (N-methyl/N-ethyl adjacent to an activating group) is 1. The van der Waals surface area contributed by atoms with Crippen molar-refractivity contribution < 1.29 is 36.1 Å². The quantitative estimate of drug-likeness (QED) is 0.309. The van der Waals surface area contributed by atoms with E-state index in [-0.39, 0.29) is 29.0 Å². The number of rotatable bonds is 8. The van der Waals surface area contributed by atoms with Crippen molar-refractivity contribution in [1.82, 2.24) is 0 Å². The molecule has 1 aliphatic heterocycles. The summed E-state index contributed by atoms with van der Waals surface area (Å²) in [6.45, 7) is 2.18. The molecule has 2 aromatic carbocycles. The van der Waals surface area contributed by atoms with Crippen LogP contribution in [0.2, 0.25) is 0 Å². The fraction of sp³-hybridized carbons (Fsp3) is 0.581. The average molecular weight is 557 g/mol. The maximum absolute atomic E-state index is 13.9. The molecule has 196 valence electrons. The number of piperidine rings is 1. The molecule has 4 unspecified atom stereocenters. The Hall–Kier alpha value is -1.69. The lowest BCUT2D eigenvalue weighted by Gasteiger charge is -2.39. The van der Waals surface area contributed by atoms with E-state index in [2.05, 4.69) is 37.4 Å². The second-order valence-electron chi connectivity index (χ2n) is 11.6. The zero-order valence-electron chi connectivity index (χ0n) is 21.7. The van der Waals surface area contributed by atoms with Crippen LogP contribution in [0.3, 0.4) is 0 Å². The Morgan fingerprint density at radius 3 is 2.25 bits per heavy atom. The van der Waals surface area contributed by atoms with Crippen LogP contribution in [-0.2, 0) is 21.6 Å². The summed E-state index contributed by atoms with van der Waals surface area (Å²) in [4.78, 5) is 13.9. The molecule has 3 fully saturated rings. The van der Waals surface area contributed by atoms with Crippen LogP contribution in [-0.4, -0.2) is 47.8 Å². The number of fused-ring (bicyclic) bond motifs is 2. The van der Waals surface area contributed by atoms with Gasteiger partial charge in [-0.25, -0.2) is 4.79 Å². The SMILES string of the molecule is C[N+]1(CCCc2ccccc2)CC2CC[C@H]1C2OC(=O)C(O)(c1ccccc1)C1CCCCCC1.[Br-]. The lowest BCUT2D eigenvalue weighted by molar-refractivity contribution is -0.927. The fourth-order valence-corrected chi connectivity index (χ4v) is 7.40. The average Bonchev–Trinajstić information content (AvgIpc) is 3.22. The molecule has 4 nitrogen and oxygen atoms in total. The molecule has 3 aliphatic rings. The normalized spacial score (nSPS) is 29.7. The standard InChI is InChI=1S/C31H42NO3.BrH/c1-32(22-12-15-24-13-6-4-7-14-24)23-25-20-21-28(32)29(25)35-30(33)31(34,27-18-10-5-11-19-27)26-16-8-2-3-9-17-26;/h4-7,10-11,13-14,18-19,25-26,28-29,34H,2-3,8-9,12,15-17,20-23H2,1H3;1H/q+1;/p-1/t25?,28-,29?,31?,32?;/m0./s1. The van der Waals surface area contributed by atoms with Gasteiger partial charge in [0, 0.05) is 18.8 Å². The number of aliphatic hydroxyl groups is 1. The van der Waals surface area contributed by atoms with Gasteiger partial charge in [0.05, 0.1) is 26.1 Å². The molecule has 0 spiro atoms. The summed E-state index contributed by atoms with van der Waals surface area (Å²) in [5, 5.41) is 12.1. The molecule has 2 bridgehead atoms. The molecule has 36 heavy (non-hydrogen) atoms. The van der Waals surface area contributed by atoms with Crippen LogP contribution >= 0.6 is 0 Å². The number of esters is 1. The number of carbonyl (C=O) groups is 1. The van der Waals surface area contributed by atoms with Gasteiger partial charge in [-0.3, -0.25) is 0 Å². The fourth-order valence-electron chi connectivity index (χ4n) is 7.40. The highest BCUT2D eigenvalue weighted by atomic mass is 79.9. The van der Waals surface area contributed by atoms with Gasteiger partial charge >= 0.3 is 5.97 Å². The van der Waals surface area contributed by atoms with E-state index in [0.29, 0.717) is 17.5 Å². The van der Waals surface area contributed by atoms with Gasteiger partial charge in [-0.2, -0.15) is 0 Å². The first-order valence-electron chi connectivity index (χ1n) is 13.9. The summed E-state index contributed by atoms with van der Waals surface area (Å²) in [5.41, 5.74) is 0.537. The first kappa shape index (κ1) is 27.3. The van der Waals surface area contributed by atoms with Crippen LogP contribution in [0, 0.1) is 11.8 Å². The predicted molar refractivity (Wildman–Crippen MR) is 139 cm³/mol. The Kier molecular flexibility index (Phi) is 8.96. The predicted octanol–water partition coefficient (Wildman–Crippen LogP) is 2.63. The van der Waals surface area contributed by atoms with Crippen molar-refractivity contribution in [3.05, 3.63) is 71.8 Å². The van der Waals surface area contributed by atoms with Crippen LogP contribution in [0.4, 0.5) is 0 Å². The molecule has 5 rings (SSSR count). The highest BCUT2D eigenvalue weighted by molar-refractivity contribution is 5.82. The van der Waals surface area contributed by atoms with E-state index in [0.717, 1.165) is 68.9 Å². The van der Waals surface area contributed by atoms with Crippen molar-refractivity contribution in [2.24, 2.45) is 11.8 Å². The molecular formula is C31H42BrNO3. The Morgan fingerprint density at radius 2 is 1.58 bits per heavy atom. The number of ether oxygens (including phenoxy) is 1. The van der Waals surface area contributed by atoms with Crippen LogP contribution in [0.1, 0.15) is 68.9 Å².